The van der Waals surface area contributed by atoms with Crippen LogP contribution in [0.2, 0.25) is 0 Å². The van der Waals surface area contributed by atoms with Crippen molar-refractivity contribution in [1.29, 1.82) is 0 Å². The van der Waals surface area contributed by atoms with Gasteiger partial charge in [0.15, 0.2) is 0 Å². The van der Waals surface area contributed by atoms with Crippen molar-refractivity contribution >= 4 is 40.5 Å². The maximum atomic E-state index is 11.6. The topological polar surface area (TPSA) is 78.9 Å². The fourth-order valence-corrected chi connectivity index (χ4v) is 3.94. The van der Waals surface area contributed by atoms with Gasteiger partial charge in [-0.05, 0) is 19.1 Å². The normalized spacial score (nSPS) is 20.2. The minimum absolute atomic E-state index is 0.140. The minimum Gasteiger partial charge on any atom is -0.335 e. The molecule has 6 nitrogen and oxygen atoms in total. The van der Waals surface area contributed by atoms with E-state index in [4.69, 9.17) is 0 Å². The van der Waals surface area contributed by atoms with E-state index in [1.165, 1.54) is 18.7 Å². The molecule has 3 rings (SSSR count). The highest BCUT2D eigenvalue weighted by Gasteiger charge is 2.37. The fraction of sp³-hybridized carbons (Fsp3) is 0.214. The van der Waals surface area contributed by atoms with Crippen molar-refractivity contribution in [1.82, 2.24) is 20.6 Å². The number of pyridine rings is 1. The van der Waals surface area contributed by atoms with Crippen molar-refractivity contribution < 1.29 is 4.79 Å². The van der Waals surface area contributed by atoms with Crippen molar-refractivity contribution in [2.24, 2.45) is 0 Å². The summed E-state index contributed by atoms with van der Waals surface area (Å²) >= 11 is 3.01. The van der Waals surface area contributed by atoms with E-state index in [2.05, 4.69) is 25.9 Å². The second-order valence-electron chi connectivity index (χ2n) is 4.74. The number of nitrogens with one attached hydrogen (secondary N) is 3. The van der Waals surface area contributed by atoms with Crippen LogP contribution in [0.3, 0.4) is 0 Å². The molecule has 0 bridgehead atoms. The van der Waals surface area contributed by atoms with Crippen LogP contribution in [-0.2, 0) is 4.79 Å². The standard InChI is InChI=1S/C14H15N5OS2/c1-9-13(21-8-16-9)11-7-22-14(18-11,17-10(2)20)19-12-5-3-4-6-15-12/h3-8,18H,1-2H3,(H,15,19)(H,17,20). The molecular weight excluding hydrogens is 318 g/mol. The maximum Gasteiger partial charge on any atom is 0.243 e. The molecule has 2 aromatic rings. The van der Waals surface area contributed by atoms with E-state index in [1.54, 1.807) is 17.5 Å². The summed E-state index contributed by atoms with van der Waals surface area (Å²) in [7, 11) is 0. The van der Waals surface area contributed by atoms with Gasteiger partial charge in [0.05, 0.1) is 21.8 Å². The number of anilines is 1. The van der Waals surface area contributed by atoms with Crippen molar-refractivity contribution in [3.05, 3.63) is 45.9 Å². The largest absolute Gasteiger partial charge is 0.335 e. The van der Waals surface area contributed by atoms with Crippen LogP contribution in [0.25, 0.3) is 5.70 Å². The minimum atomic E-state index is -0.855. The molecule has 0 saturated heterocycles. The lowest BCUT2D eigenvalue weighted by atomic mass is 10.3. The average molecular weight is 333 g/mol. The van der Waals surface area contributed by atoms with Crippen molar-refractivity contribution in [2.45, 2.75) is 19.0 Å². The van der Waals surface area contributed by atoms with Gasteiger partial charge in [-0.3, -0.25) is 4.79 Å². The van der Waals surface area contributed by atoms with E-state index < -0.39 is 5.12 Å². The zero-order valence-corrected chi connectivity index (χ0v) is 13.7. The van der Waals surface area contributed by atoms with Crippen LogP contribution >= 0.6 is 23.1 Å². The molecule has 3 N–H and O–H groups in total. The number of hydrogen-bond donors (Lipinski definition) is 3. The zero-order valence-electron chi connectivity index (χ0n) is 12.1. The second-order valence-corrected chi connectivity index (χ2v) is 6.68. The highest BCUT2D eigenvalue weighted by molar-refractivity contribution is 8.04. The van der Waals surface area contributed by atoms with E-state index in [1.807, 2.05) is 36.0 Å². The van der Waals surface area contributed by atoms with Crippen LogP contribution in [0, 0.1) is 6.92 Å². The van der Waals surface area contributed by atoms with Gasteiger partial charge in [0, 0.05) is 18.5 Å². The van der Waals surface area contributed by atoms with E-state index in [0.29, 0.717) is 5.82 Å². The Morgan fingerprint density at radius 1 is 1.36 bits per heavy atom. The number of rotatable bonds is 4. The predicted molar refractivity (Wildman–Crippen MR) is 90.0 cm³/mol. The lowest BCUT2D eigenvalue weighted by Crippen LogP contribution is -2.58. The number of aryl methyl sites for hydroxylation is 1. The first-order valence-corrected chi connectivity index (χ1v) is 8.38. The van der Waals surface area contributed by atoms with Gasteiger partial charge < -0.3 is 16.0 Å². The predicted octanol–water partition coefficient (Wildman–Crippen LogP) is 2.34. The second kappa shape index (κ2) is 5.98. The van der Waals surface area contributed by atoms with E-state index >= 15 is 0 Å². The molecule has 1 amide bonds. The van der Waals surface area contributed by atoms with E-state index in [-0.39, 0.29) is 5.91 Å². The third-order valence-corrected chi connectivity index (χ3v) is 4.95. The Bertz CT molecular complexity index is 715. The molecule has 8 heteroatoms. The summed E-state index contributed by atoms with van der Waals surface area (Å²) in [5.74, 6) is 0.533. The number of thioether (sulfide) groups is 1. The SMILES string of the molecule is CC(=O)NC1(Nc2ccccn2)NC(c2scnc2C)=CS1. The molecule has 0 spiro atoms. The molecular formula is C14H15N5OS2. The molecule has 1 aliphatic rings. The molecule has 2 aromatic heterocycles. The van der Waals surface area contributed by atoms with E-state index in [0.717, 1.165) is 16.3 Å². The van der Waals surface area contributed by atoms with Crippen molar-refractivity contribution in [2.75, 3.05) is 5.32 Å². The van der Waals surface area contributed by atoms with Gasteiger partial charge >= 0.3 is 0 Å². The summed E-state index contributed by atoms with van der Waals surface area (Å²) in [5, 5.41) is 10.6. The summed E-state index contributed by atoms with van der Waals surface area (Å²) in [6.07, 6.45) is 1.70. The Hall–Kier alpha value is -2.06. The first-order valence-electron chi connectivity index (χ1n) is 6.62. The average Bonchev–Trinajstić information content (AvgIpc) is 3.06. The highest BCUT2D eigenvalue weighted by Crippen LogP contribution is 2.36. The van der Waals surface area contributed by atoms with Crippen LogP contribution in [0.15, 0.2) is 35.3 Å². The molecule has 22 heavy (non-hydrogen) atoms. The lowest BCUT2D eigenvalue weighted by molar-refractivity contribution is -0.119. The highest BCUT2D eigenvalue weighted by atomic mass is 32.2. The van der Waals surface area contributed by atoms with Crippen LogP contribution < -0.4 is 16.0 Å². The number of carbonyl (C=O) groups excluding carboxylic acids is 1. The molecule has 0 saturated carbocycles. The number of nitrogens with zero attached hydrogens (tertiary/aromatic N) is 2. The molecule has 114 valence electrons. The number of thiazole rings is 1. The van der Waals surface area contributed by atoms with Gasteiger partial charge in [-0.1, -0.05) is 17.8 Å². The smallest absolute Gasteiger partial charge is 0.243 e. The first kappa shape index (κ1) is 14.9. The lowest BCUT2D eigenvalue weighted by Gasteiger charge is -2.31. The first-order chi connectivity index (χ1) is 10.6. The molecule has 0 radical (unpaired) electrons. The third kappa shape index (κ3) is 3.07. The summed E-state index contributed by atoms with van der Waals surface area (Å²) in [6, 6.07) is 5.58. The molecule has 0 aromatic carbocycles. The molecule has 1 unspecified atom stereocenters. The summed E-state index contributed by atoms with van der Waals surface area (Å²) < 4.78 is 0. The molecule has 3 heterocycles. The Kier molecular flexibility index (Phi) is 4.04. The van der Waals surface area contributed by atoms with Crippen LogP contribution in [0.1, 0.15) is 17.5 Å². The van der Waals surface area contributed by atoms with Gasteiger partial charge in [-0.2, -0.15) is 0 Å². The quantitative estimate of drug-likeness (QED) is 0.746. The summed E-state index contributed by atoms with van der Waals surface area (Å²) in [4.78, 5) is 21.2. The summed E-state index contributed by atoms with van der Waals surface area (Å²) in [5.41, 5.74) is 3.70. The Morgan fingerprint density at radius 2 is 2.23 bits per heavy atom. The van der Waals surface area contributed by atoms with E-state index in [9.17, 15) is 4.79 Å². The zero-order chi connectivity index (χ0) is 15.6. The maximum absolute atomic E-state index is 11.6. The van der Waals surface area contributed by atoms with Gasteiger partial charge in [-0.15, -0.1) is 11.3 Å². The summed E-state index contributed by atoms with van der Waals surface area (Å²) in [6.45, 7) is 3.45. The number of amides is 1. The molecule has 0 aliphatic carbocycles. The Labute approximate surface area is 136 Å². The van der Waals surface area contributed by atoms with Gasteiger partial charge in [0.2, 0.25) is 11.0 Å². The van der Waals surface area contributed by atoms with Crippen LogP contribution in [0.5, 0.6) is 0 Å². The van der Waals surface area contributed by atoms with Crippen LogP contribution in [0.4, 0.5) is 5.82 Å². The van der Waals surface area contributed by atoms with Crippen molar-refractivity contribution in [3.8, 4) is 0 Å². The third-order valence-electron chi connectivity index (χ3n) is 2.98. The van der Waals surface area contributed by atoms with Gasteiger partial charge in [0.25, 0.3) is 0 Å². The number of hydrogen-bond acceptors (Lipinski definition) is 7. The molecule has 1 aliphatic heterocycles. The molecule has 0 fully saturated rings. The van der Waals surface area contributed by atoms with Gasteiger partial charge in [0.1, 0.15) is 5.82 Å². The monoisotopic (exact) mass is 333 g/mol. The fourth-order valence-electron chi connectivity index (χ4n) is 2.08. The molecule has 1 atom stereocenters. The number of carbonyl (C=O) groups is 1. The Balaban J connectivity index is 1.84. The van der Waals surface area contributed by atoms with Gasteiger partial charge in [-0.25, -0.2) is 9.97 Å². The van der Waals surface area contributed by atoms with Crippen molar-refractivity contribution in [3.63, 3.8) is 0 Å². The Morgan fingerprint density at radius 3 is 2.86 bits per heavy atom. The van der Waals surface area contributed by atoms with Crippen LogP contribution in [-0.4, -0.2) is 21.0 Å². The number of aromatic nitrogens is 2.